The highest BCUT2D eigenvalue weighted by atomic mass is 35.5. The lowest BCUT2D eigenvalue weighted by Crippen LogP contribution is -2.39. The molecule has 7 heteroatoms. The second kappa shape index (κ2) is 9.37. The van der Waals surface area contributed by atoms with Crippen molar-refractivity contribution in [2.75, 3.05) is 13.2 Å². The Labute approximate surface area is 142 Å². The Morgan fingerprint density at radius 1 is 1.30 bits per heavy atom. The van der Waals surface area contributed by atoms with E-state index >= 15 is 0 Å². The van der Waals surface area contributed by atoms with Gasteiger partial charge in [-0.3, -0.25) is 9.59 Å². The number of nitrogens with two attached hydrogens (primary N) is 1. The highest BCUT2D eigenvalue weighted by molar-refractivity contribution is 5.85. The minimum Gasteiger partial charge on any atom is -0.484 e. The van der Waals surface area contributed by atoms with Crippen molar-refractivity contribution < 1.29 is 14.3 Å². The summed E-state index contributed by atoms with van der Waals surface area (Å²) in [5.74, 6) is 0.432. The van der Waals surface area contributed by atoms with E-state index in [0.29, 0.717) is 18.3 Å². The molecule has 128 valence electrons. The van der Waals surface area contributed by atoms with Crippen LogP contribution < -0.4 is 21.1 Å². The molecule has 0 spiro atoms. The number of amides is 2. The molecule has 1 atom stereocenters. The standard InChI is InChI=1S/C16H23N3O3.ClH/c1-11(17)16(21)18-9-8-12-2-6-14(7-3-12)22-10-15(20)19-13-4-5-13;/h2-3,6-7,11,13H,4-5,8-10,17H2,1H3,(H,18,21)(H,19,20);1H/t11-;/m0./s1. The third kappa shape index (κ3) is 7.34. The Hall–Kier alpha value is -1.79. The van der Waals surface area contributed by atoms with Crippen LogP contribution in [0.4, 0.5) is 0 Å². The topological polar surface area (TPSA) is 93.5 Å². The molecule has 1 aromatic carbocycles. The van der Waals surface area contributed by atoms with Gasteiger partial charge in [0.05, 0.1) is 6.04 Å². The average Bonchev–Trinajstić information content (AvgIpc) is 3.30. The first kappa shape index (κ1) is 19.3. The number of nitrogens with one attached hydrogen (secondary N) is 2. The van der Waals surface area contributed by atoms with Gasteiger partial charge in [-0.2, -0.15) is 0 Å². The summed E-state index contributed by atoms with van der Waals surface area (Å²) in [5, 5.41) is 5.63. The van der Waals surface area contributed by atoms with Crippen LogP contribution in [0.15, 0.2) is 24.3 Å². The number of carbonyl (C=O) groups excluding carboxylic acids is 2. The number of carbonyl (C=O) groups is 2. The van der Waals surface area contributed by atoms with Gasteiger partial charge in [0.2, 0.25) is 5.91 Å². The van der Waals surface area contributed by atoms with E-state index in [1.807, 2.05) is 24.3 Å². The zero-order valence-corrected chi connectivity index (χ0v) is 14.0. The van der Waals surface area contributed by atoms with Gasteiger partial charge >= 0.3 is 0 Å². The van der Waals surface area contributed by atoms with E-state index in [2.05, 4.69) is 10.6 Å². The molecule has 23 heavy (non-hydrogen) atoms. The van der Waals surface area contributed by atoms with Crippen molar-refractivity contribution in [2.45, 2.75) is 38.3 Å². The van der Waals surface area contributed by atoms with Crippen LogP contribution in [0.3, 0.4) is 0 Å². The summed E-state index contributed by atoms with van der Waals surface area (Å²) in [5.41, 5.74) is 6.55. The zero-order chi connectivity index (χ0) is 15.9. The maximum atomic E-state index is 11.5. The summed E-state index contributed by atoms with van der Waals surface area (Å²) in [6.45, 7) is 2.24. The normalized spacial score (nSPS) is 14.3. The Morgan fingerprint density at radius 2 is 1.96 bits per heavy atom. The first-order valence-corrected chi connectivity index (χ1v) is 7.59. The lowest BCUT2D eigenvalue weighted by molar-refractivity contribution is -0.123. The summed E-state index contributed by atoms with van der Waals surface area (Å²) in [4.78, 5) is 22.8. The van der Waals surface area contributed by atoms with E-state index in [9.17, 15) is 9.59 Å². The Balaban J connectivity index is 0.00000264. The number of rotatable bonds is 8. The van der Waals surface area contributed by atoms with E-state index in [4.69, 9.17) is 10.5 Å². The molecule has 0 bridgehead atoms. The van der Waals surface area contributed by atoms with Crippen molar-refractivity contribution in [1.29, 1.82) is 0 Å². The summed E-state index contributed by atoms with van der Waals surface area (Å²) in [6, 6.07) is 7.36. The van der Waals surface area contributed by atoms with E-state index in [-0.39, 0.29) is 30.8 Å². The highest BCUT2D eigenvalue weighted by Gasteiger charge is 2.23. The van der Waals surface area contributed by atoms with Gasteiger partial charge in [0.15, 0.2) is 6.61 Å². The van der Waals surface area contributed by atoms with Gasteiger partial charge < -0.3 is 21.1 Å². The molecule has 0 heterocycles. The molecule has 1 saturated carbocycles. The Kier molecular flexibility index (Phi) is 7.85. The van der Waals surface area contributed by atoms with Crippen LogP contribution in [0.5, 0.6) is 5.75 Å². The van der Waals surface area contributed by atoms with Crippen molar-refractivity contribution in [3.05, 3.63) is 29.8 Å². The van der Waals surface area contributed by atoms with Gasteiger partial charge in [0.25, 0.3) is 5.91 Å². The predicted octanol–water partition coefficient (Wildman–Crippen LogP) is 0.772. The van der Waals surface area contributed by atoms with Crippen LogP contribution in [-0.2, 0) is 16.0 Å². The van der Waals surface area contributed by atoms with Gasteiger partial charge in [-0.15, -0.1) is 12.4 Å². The van der Waals surface area contributed by atoms with Gasteiger partial charge in [0.1, 0.15) is 5.75 Å². The smallest absolute Gasteiger partial charge is 0.258 e. The number of ether oxygens (including phenoxy) is 1. The van der Waals surface area contributed by atoms with E-state index in [1.165, 1.54) is 0 Å². The van der Waals surface area contributed by atoms with Crippen LogP contribution >= 0.6 is 12.4 Å². The maximum Gasteiger partial charge on any atom is 0.258 e. The number of halogens is 1. The second-order valence-corrected chi connectivity index (χ2v) is 5.60. The van der Waals surface area contributed by atoms with Gasteiger partial charge in [-0.25, -0.2) is 0 Å². The molecule has 1 fully saturated rings. The SMILES string of the molecule is C[C@H](N)C(=O)NCCc1ccc(OCC(=O)NC2CC2)cc1.Cl. The van der Waals surface area contributed by atoms with Crippen LogP contribution in [0.1, 0.15) is 25.3 Å². The molecule has 1 aliphatic rings. The van der Waals surface area contributed by atoms with Gasteiger partial charge in [-0.05, 0) is 43.9 Å². The van der Waals surface area contributed by atoms with Gasteiger partial charge in [0, 0.05) is 12.6 Å². The fourth-order valence-electron chi connectivity index (χ4n) is 1.89. The number of hydrogen-bond acceptors (Lipinski definition) is 4. The van der Waals surface area contributed by atoms with Crippen molar-refractivity contribution in [3.63, 3.8) is 0 Å². The molecule has 4 N–H and O–H groups in total. The molecule has 2 rings (SSSR count). The molecule has 2 amide bonds. The first-order valence-electron chi connectivity index (χ1n) is 7.59. The highest BCUT2D eigenvalue weighted by Crippen LogP contribution is 2.18. The van der Waals surface area contributed by atoms with Crippen LogP contribution in [-0.4, -0.2) is 37.0 Å². The number of hydrogen-bond donors (Lipinski definition) is 3. The van der Waals surface area contributed by atoms with Crippen LogP contribution in [0, 0.1) is 0 Å². The first-order chi connectivity index (χ1) is 10.5. The van der Waals surface area contributed by atoms with E-state index < -0.39 is 6.04 Å². The van der Waals surface area contributed by atoms with Crippen LogP contribution in [0.2, 0.25) is 0 Å². The molecule has 1 aliphatic carbocycles. The Bertz CT molecular complexity index is 516. The van der Waals surface area contributed by atoms with Crippen molar-refractivity contribution in [2.24, 2.45) is 5.73 Å². The largest absolute Gasteiger partial charge is 0.484 e. The monoisotopic (exact) mass is 341 g/mol. The summed E-state index contributed by atoms with van der Waals surface area (Å²) >= 11 is 0. The predicted molar refractivity (Wildman–Crippen MR) is 90.7 cm³/mol. The summed E-state index contributed by atoms with van der Waals surface area (Å²) < 4.78 is 5.43. The van der Waals surface area contributed by atoms with Crippen LogP contribution in [0.25, 0.3) is 0 Å². The van der Waals surface area contributed by atoms with Crippen molar-refractivity contribution in [3.8, 4) is 5.75 Å². The lowest BCUT2D eigenvalue weighted by atomic mass is 10.1. The number of benzene rings is 1. The van der Waals surface area contributed by atoms with E-state index in [0.717, 1.165) is 24.8 Å². The molecule has 0 radical (unpaired) electrons. The maximum absolute atomic E-state index is 11.5. The average molecular weight is 342 g/mol. The zero-order valence-electron chi connectivity index (χ0n) is 13.2. The summed E-state index contributed by atoms with van der Waals surface area (Å²) in [6.07, 6.45) is 2.86. The van der Waals surface area contributed by atoms with Crippen molar-refractivity contribution in [1.82, 2.24) is 10.6 Å². The van der Waals surface area contributed by atoms with Crippen molar-refractivity contribution >= 4 is 24.2 Å². The molecule has 0 unspecified atom stereocenters. The molecule has 0 saturated heterocycles. The molecule has 1 aromatic rings. The molecule has 6 nitrogen and oxygen atoms in total. The fourth-order valence-corrected chi connectivity index (χ4v) is 1.89. The molecule has 0 aliphatic heterocycles. The van der Waals surface area contributed by atoms with Gasteiger partial charge in [-0.1, -0.05) is 12.1 Å². The lowest BCUT2D eigenvalue weighted by Gasteiger charge is -2.09. The molecular formula is C16H24ClN3O3. The minimum absolute atomic E-state index is 0. The quantitative estimate of drug-likeness (QED) is 0.651. The molecular weight excluding hydrogens is 318 g/mol. The minimum atomic E-state index is -0.488. The summed E-state index contributed by atoms with van der Waals surface area (Å²) in [7, 11) is 0. The third-order valence-electron chi connectivity index (χ3n) is 3.36. The molecule has 0 aromatic heterocycles. The second-order valence-electron chi connectivity index (χ2n) is 5.60. The third-order valence-corrected chi connectivity index (χ3v) is 3.36. The fraction of sp³-hybridized carbons (Fsp3) is 0.500. The van der Waals surface area contributed by atoms with E-state index in [1.54, 1.807) is 6.92 Å². The Morgan fingerprint density at radius 3 is 2.52 bits per heavy atom.